The Kier molecular flexibility index (Phi) is 2.13. The molecule has 0 N–H and O–H groups in total. The van der Waals surface area contributed by atoms with E-state index in [1.807, 2.05) is 52.0 Å². The lowest BCUT2D eigenvalue weighted by atomic mass is 9.76. The number of rotatable bonds is 1. The summed E-state index contributed by atoms with van der Waals surface area (Å²) < 4.78 is 0. The molecule has 1 aromatic rings. The van der Waals surface area contributed by atoms with Crippen molar-refractivity contribution in [2.75, 3.05) is 0 Å². The molecule has 2 rings (SSSR count). The predicted molar refractivity (Wildman–Crippen MR) is 63.3 cm³/mol. The Hall–Kier alpha value is -1.38. The maximum Gasteiger partial charge on any atom is 0.231 e. The fraction of sp³-hybridized carbons (Fsp3) is 0.538. The average Bonchev–Trinajstić information content (AvgIpc) is 2.31. The Labute approximate surface area is 95.6 Å². The minimum absolute atomic E-state index is 0.125. The van der Waals surface area contributed by atoms with Gasteiger partial charge >= 0.3 is 0 Å². The van der Waals surface area contributed by atoms with Gasteiger partial charge in [-0.25, -0.2) is 0 Å². The van der Waals surface area contributed by atoms with Gasteiger partial charge in [0, 0.05) is 4.92 Å². The monoisotopic (exact) mass is 219 g/mol. The zero-order valence-corrected chi connectivity index (χ0v) is 10.2. The van der Waals surface area contributed by atoms with Gasteiger partial charge in [0.25, 0.3) is 0 Å². The molecule has 3 nitrogen and oxygen atoms in total. The van der Waals surface area contributed by atoms with E-state index in [-0.39, 0.29) is 4.92 Å². The summed E-state index contributed by atoms with van der Waals surface area (Å²) in [5.74, 6) is 0. The lowest BCUT2D eigenvalue weighted by Crippen LogP contribution is -2.45. The van der Waals surface area contributed by atoms with Crippen LogP contribution in [0.4, 0.5) is 0 Å². The summed E-state index contributed by atoms with van der Waals surface area (Å²) in [7, 11) is 0. The summed E-state index contributed by atoms with van der Waals surface area (Å²) in [6.07, 6.45) is 0. The van der Waals surface area contributed by atoms with Gasteiger partial charge < -0.3 is 0 Å². The molecule has 0 aliphatic heterocycles. The van der Waals surface area contributed by atoms with Gasteiger partial charge in [0.1, 0.15) is 0 Å². The average molecular weight is 219 g/mol. The van der Waals surface area contributed by atoms with Crippen molar-refractivity contribution in [2.45, 2.75) is 44.6 Å². The Bertz CT molecular complexity index is 414. The molecule has 0 unspecified atom stereocenters. The smallest absolute Gasteiger partial charge is 0.231 e. The third-order valence-corrected chi connectivity index (χ3v) is 3.89. The second-order valence-corrected chi connectivity index (χ2v) is 5.68. The van der Waals surface area contributed by atoms with Gasteiger partial charge in [-0.2, -0.15) is 0 Å². The largest absolute Gasteiger partial charge is 0.264 e. The summed E-state index contributed by atoms with van der Waals surface area (Å²) in [6.45, 7) is 7.87. The maximum absolute atomic E-state index is 11.3. The maximum atomic E-state index is 11.3. The number of benzene rings is 1. The Morgan fingerprint density at radius 2 is 1.44 bits per heavy atom. The van der Waals surface area contributed by atoms with Crippen molar-refractivity contribution in [3.05, 3.63) is 45.5 Å². The number of fused-ring (bicyclic) bond motifs is 1. The first-order valence-electron chi connectivity index (χ1n) is 5.53. The van der Waals surface area contributed by atoms with Crippen molar-refractivity contribution >= 4 is 0 Å². The van der Waals surface area contributed by atoms with E-state index in [2.05, 4.69) is 0 Å². The van der Waals surface area contributed by atoms with Crippen LogP contribution in [0.1, 0.15) is 38.8 Å². The zero-order valence-electron chi connectivity index (χ0n) is 10.2. The molecule has 0 amide bonds. The fourth-order valence-electron chi connectivity index (χ4n) is 3.33. The first-order valence-corrected chi connectivity index (χ1v) is 5.53. The lowest BCUT2D eigenvalue weighted by molar-refractivity contribution is -0.542. The zero-order chi connectivity index (χ0) is 12.1. The fourth-order valence-corrected chi connectivity index (χ4v) is 3.33. The molecule has 1 aromatic carbocycles. The van der Waals surface area contributed by atoms with Crippen molar-refractivity contribution < 1.29 is 4.92 Å². The third kappa shape index (κ3) is 1.20. The van der Waals surface area contributed by atoms with Gasteiger partial charge in [-0.1, -0.05) is 24.3 Å². The van der Waals surface area contributed by atoms with E-state index in [1.165, 1.54) is 0 Å². The van der Waals surface area contributed by atoms with E-state index in [0.717, 1.165) is 11.1 Å². The van der Waals surface area contributed by atoms with Gasteiger partial charge in [0.05, 0.1) is 10.8 Å². The third-order valence-electron chi connectivity index (χ3n) is 3.89. The highest BCUT2D eigenvalue weighted by molar-refractivity contribution is 5.46. The van der Waals surface area contributed by atoms with Crippen molar-refractivity contribution in [3.63, 3.8) is 0 Å². The Morgan fingerprint density at radius 3 is 1.75 bits per heavy atom. The van der Waals surface area contributed by atoms with Crippen LogP contribution in [0.3, 0.4) is 0 Å². The highest BCUT2D eigenvalue weighted by Crippen LogP contribution is 2.50. The molecule has 86 valence electrons. The van der Waals surface area contributed by atoms with Crippen molar-refractivity contribution in [2.24, 2.45) is 0 Å². The van der Waals surface area contributed by atoms with Crippen LogP contribution in [-0.2, 0) is 10.8 Å². The first kappa shape index (κ1) is 11.1. The number of nitro groups is 1. The molecule has 0 spiro atoms. The van der Waals surface area contributed by atoms with Crippen LogP contribution < -0.4 is 0 Å². The molecule has 0 saturated carbocycles. The molecule has 0 fully saturated rings. The van der Waals surface area contributed by atoms with E-state index in [9.17, 15) is 10.1 Å². The second-order valence-electron chi connectivity index (χ2n) is 5.68. The van der Waals surface area contributed by atoms with Crippen LogP contribution in [0.25, 0.3) is 0 Å². The molecule has 0 aromatic heterocycles. The molecule has 0 saturated heterocycles. The Morgan fingerprint density at radius 1 is 1.06 bits per heavy atom. The number of nitrogens with zero attached hydrogens (tertiary/aromatic N) is 1. The van der Waals surface area contributed by atoms with E-state index in [1.54, 1.807) is 0 Å². The van der Waals surface area contributed by atoms with Crippen LogP contribution in [0, 0.1) is 10.1 Å². The summed E-state index contributed by atoms with van der Waals surface area (Å²) in [5.41, 5.74) is 1.43. The minimum Gasteiger partial charge on any atom is -0.264 e. The summed E-state index contributed by atoms with van der Waals surface area (Å²) in [5, 5.41) is 11.3. The molecule has 1 aliphatic rings. The van der Waals surface area contributed by atoms with Crippen LogP contribution in [0.5, 0.6) is 0 Å². The minimum atomic E-state index is -0.558. The second kappa shape index (κ2) is 3.06. The highest BCUT2D eigenvalue weighted by atomic mass is 16.6. The van der Waals surface area contributed by atoms with E-state index >= 15 is 0 Å². The predicted octanol–water partition coefficient (Wildman–Crippen LogP) is 2.90. The quantitative estimate of drug-likeness (QED) is 0.538. The van der Waals surface area contributed by atoms with E-state index in [4.69, 9.17) is 0 Å². The van der Waals surface area contributed by atoms with Crippen LogP contribution in [0.2, 0.25) is 0 Å². The molecule has 16 heavy (non-hydrogen) atoms. The van der Waals surface area contributed by atoms with Crippen molar-refractivity contribution in [3.8, 4) is 0 Å². The highest BCUT2D eigenvalue weighted by Gasteiger charge is 2.58. The van der Waals surface area contributed by atoms with E-state index in [0.29, 0.717) is 0 Å². The van der Waals surface area contributed by atoms with Gasteiger partial charge in [-0.05, 0) is 38.8 Å². The molecular formula is C13H17NO2. The SMILES string of the molecule is CC1(C)c2ccccc2C(C)(C)C1[N+](=O)[O-]. The van der Waals surface area contributed by atoms with Gasteiger partial charge in [0.2, 0.25) is 6.04 Å². The topological polar surface area (TPSA) is 43.1 Å². The summed E-state index contributed by atoms with van der Waals surface area (Å²) in [6, 6.07) is 7.39. The van der Waals surface area contributed by atoms with Crippen molar-refractivity contribution in [1.29, 1.82) is 0 Å². The van der Waals surface area contributed by atoms with Crippen LogP contribution in [-0.4, -0.2) is 11.0 Å². The summed E-state index contributed by atoms with van der Waals surface area (Å²) in [4.78, 5) is 11.2. The molecule has 0 radical (unpaired) electrons. The van der Waals surface area contributed by atoms with E-state index < -0.39 is 16.9 Å². The molecule has 0 bridgehead atoms. The lowest BCUT2D eigenvalue weighted by Gasteiger charge is -2.28. The molecule has 1 aliphatic carbocycles. The number of hydrogen-bond acceptors (Lipinski definition) is 2. The molecule has 3 heteroatoms. The molecular weight excluding hydrogens is 202 g/mol. The first-order chi connectivity index (χ1) is 7.29. The molecule has 0 heterocycles. The number of hydrogen-bond donors (Lipinski definition) is 0. The standard InChI is InChI=1S/C13H17NO2/c1-12(2)9-7-5-6-8-10(9)13(3,4)11(12)14(15)16/h5-8,11H,1-4H3. The van der Waals surface area contributed by atoms with Gasteiger partial charge in [-0.3, -0.25) is 10.1 Å². The summed E-state index contributed by atoms with van der Waals surface area (Å²) >= 11 is 0. The molecule has 0 atom stereocenters. The van der Waals surface area contributed by atoms with Gasteiger partial charge in [-0.15, -0.1) is 0 Å². The normalized spacial score (nSPS) is 21.8. The van der Waals surface area contributed by atoms with Crippen LogP contribution >= 0.6 is 0 Å². The van der Waals surface area contributed by atoms with Gasteiger partial charge in [0.15, 0.2) is 0 Å². The van der Waals surface area contributed by atoms with Crippen LogP contribution in [0.15, 0.2) is 24.3 Å². The Balaban J connectivity index is 2.70. The van der Waals surface area contributed by atoms with Crippen molar-refractivity contribution in [1.82, 2.24) is 0 Å².